The number of hydrogen-bond donors (Lipinski definition) is 1. The summed E-state index contributed by atoms with van der Waals surface area (Å²) in [6, 6.07) is 3.81. The van der Waals surface area contributed by atoms with Crippen molar-refractivity contribution in [2.24, 2.45) is 0 Å². The van der Waals surface area contributed by atoms with Gasteiger partial charge in [-0.1, -0.05) is 0 Å². The summed E-state index contributed by atoms with van der Waals surface area (Å²) in [7, 11) is 0. The fourth-order valence-electron chi connectivity index (χ4n) is 4.05. The average molecular weight is 452 g/mol. The van der Waals surface area contributed by atoms with Gasteiger partial charge in [0.05, 0.1) is 16.5 Å². The minimum Gasteiger partial charge on any atom is -0.454 e. The number of esters is 1. The lowest BCUT2D eigenvalue weighted by Crippen LogP contribution is -2.12. The molecule has 0 unspecified atom stereocenters. The Morgan fingerprint density at radius 1 is 1.32 bits per heavy atom. The number of nitrogens with two attached hydrogens (primary N) is 1. The molecule has 5 rings (SSSR count). The van der Waals surface area contributed by atoms with E-state index in [1.165, 1.54) is 28.6 Å². The van der Waals surface area contributed by atoms with Crippen molar-refractivity contribution in [2.45, 2.75) is 56.1 Å². The molecule has 3 aromatic heterocycles. The molecule has 0 radical (unpaired) electrons. The van der Waals surface area contributed by atoms with Crippen molar-refractivity contribution in [1.82, 2.24) is 15.0 Å². The van der Waals surface area contributed by atoms with Crippen molar-refractivity contribution in [3.8, 4) is 6.07 Å². The van der Waals surface area contributed by atoms with Crippen molar-refractivity contribution >= 4 is 45.1 Å². The molecule has 31 heavy (non-hydrogen) atoms. The highest BCUT2D eigenvalue weighted by molar-refractivity contribution is 7.98. The van der Waals surface area contributed by atoms with Gasteiger partial charge in [0.2, 0.25) is 0 Å². The molecule has 1 fully saturated rings. The van der Waals surface area contributed by atoms with Crippen molar-refractivity contribution in [3.05, 3.63) is 39.2 Å². The van der Waals surface area contributed by atoms with Gasteiger partial charge in [0.1, 0.15) is 21.7 Å². The molecule has 0 saturated heterocycles. The maximum Gasteiger partial charge on any atom is 0.340 e. The first-order valence-electron chi connectivity index (χ1n) is 10.3. The maximum absolute atomic E-state index is 12.9. The van der Waals surface area contributed by atoms with Gasteiger partial charge < -0.3 is 10.5 Å². The Bertz CT molecular complexity index is 1240. The number of hydrogen-bond acceptors (Lipinski definition) is 9. The van der Waals surface area contributed by atoms with Crippen LogP contribution >= 0.6 is 23.1 Å². The highest BCUT2D eigenvalue weighted by Gasteiger charge is 2.29. The minimum atomic E-state index is -0.566. The monoisotopic (exact) mass is 451 g/mol. The molecular weight excluding hydrogens is 430 g/mol. The molecule has 0 spiro atoms. The number of carbonyl (C=O) groups excluding carboxylic acids is 1. The smallest absolute Gasteiger partial charge is 0.340 e. The van der Waals surface area contributed by atoms with Crippen LogP contribution in [0.3, 0.4) is 0 Å². The number of aromatic nitrogens is 3. The van der Waals surface area contributed by atoms with E-state index in [9.17, 15) is 10.1 Å². The van der Waals surface area contributed by atoms with Gasteiger partial charge in [0.25, 0.3) is 0 Å². The average Bonchev–Trinajstić information content (AvgIpc) is 3.56. The van der Waals surface area contributed by atoms with Crippen molar-refractivity contribution < 1.29 is 9.53 Å². The van der Waals surface area contributed by atoms with Crippen LogP contribution in [0.25, 0.3) is 10.2 Å². The number of pyridine rings is 1. The predicted octanol–water partition coefficient (Wildman–Crippen LogP) is 4.38. The molecule has 158 valence electrons. The van der Waals surface area contributed by atoms with E-state index in [0.717, 1.165) is 48.0 Å². The minimum absolute atomic E-state index is 0.0951. The Hall–Kier alpha value is -2.70. The second kappa shape index (κ2) is 8.09. The van der Waals surface area contributed by atoms with Crippen LogP contribution in [0.2, 0.25) is 0 Å². The van der Waals surface area contributed by atoms with Crippen LogP contribution in [0.5, 0.6) is 0 Å². The highest BCUT2D eigenvalue weighted by atomic mass is 32.2. The van der Waals surface area contributed by atoms with Gasteiger partial charge in [-0.15, -0.1) is 23.1 Å². The van der Waals surface area contributed by atoms with Crippen molar-refractivity contribution in [3.63, 3.8) is 0 Å². The van der Waals surface area contributed by atoms with E-state index in [4.69, 9.17) is 10.5 Å². The molecule has 0 aliphatic heterocycles. The fraction of sp³-hybridized carbons (Fsp3) is 0.409. The molecule has 1 saturated carbocycles. The molecule has 2 aliphatic carbocycles. The summed E-state index contributed by atoms with van der Waals surface area (Å²) in [5.41, 5.74) is 8.88. The number of rotatable bonds is 5. The van der Waals surface area contributed by atoms with Crippen LogP contribution in [0.1, 0.15) is 69.5 Å². The molecular formula is C22H21N5O2S2. The molecule has 0 atom stereocenters. The van der Waals surface area contributed by atoms with Crippen LogP contribution in [0.15, 0.2) is 11.1 Å². The quantitative estimate of drug-likeness (QED) is 0.449. The third-order valence-corrected chi connectivity index (χ3v) is 7.62. The number of carbonyl (C=O) groups is 1. The van der Waals surface area contributed by atoms with Gasteiger partial charge in [-0.3, -0.25) is 0 Å². The van der Waals surface area contributed by atoms with E-state index in [0.29, 0.717) is 22.6 Å². The summed E-state index contributed by atoms with van der Waals surface area (Å²) < 4.78 is 5.51. The Morgan fingerprint density at radius 2 is 2.13 bits per heavy atom. The summed E-state index contributed by atoms with van der Waals surface area (Å²) in [4.78, 5) is 28.6. The van der Waals surface area contributed by atoms with E-state index >= 15 is 0 Å². The molecule has 3 heterocycles. The number of anilines is 1. The molecule has 0 bridgehead atoms. The molecule has 2 aliphatic rings. The first kappa shape index (κ1) is 20.2. The number of nitrogen functional groups attached to an aromatic ring is 1. The van der Waals surface area contributed by atoms with Crippen LogP contribution < -0.4 is 5.73 Å². The molecule has 2 N–H and O–H groups in total. The largest absolute Gasteiger partial charge is 0.454 e. The van der Waals surface area contributed by atoms with Gasteiger partial charge in [0.15, 0.2) is 12.4 Å². The van der Waals surface area contributed by atoms with Gasteiger partial charge in [0, 0.05) is 16.5 Å². The first-order valence-corrected chi connectivity index (χ1v) is 12.4. The second-order valence-electron chi connectivity index (χ2n) is 7.86. The van der Waals surface area contributed by atoms with Gasteiger partial charge in [-0.2, -0.15) is 5.26 Å². The number of thiophene rings is 1. The lowest BCUT2D eigenvalue weighted by molar-refractivity contribution is 0.0461. The highest BCUT2D eigenvalue weighted by Crippen LogP contribution is 2.41. The van der Waals surface area contributed by atoms with E-state index < -0.39 is 5.97 Å². The summed E-state index contributed by atoms with van der Waals surface area (Å²) in [5, 5.41) is 11.1. The second-order valence-corrected chi connectivity index (χ2v) is 9.74. The third-order valence-electron chi connectivity index (χ3n) is 5.75. The Morgan fingerprint density at radius 3 is 2.87 bits per heavy atom. The Balaban J connectivity index is 1.41. The summed E-state index contributed by atoms with van der Waals surface area (Å²) in [6.45, 7) is -0.0951. The molecule has 9 heteroatoms. The van der Waals surface area contributed by atoms with Crippen molar-refractivity contribution in [1.29, 1.82) is 5.26 Å². The maximum atomic E-state index is 12.9. The summed E-state index contributed by atoms with van der Waals surface area (Å²) in [5.74, 6) is 0.610. The Labute approximate surface area is 188 Å². The lowest BCUT2D eigenvalue weighted by Gasteiger charge is -2.11. The number of fused-ring (bicyclic) bond motifs is 3. The van der Waals surface area contributed by atoms with E-state index in [1.807, 2.05) is 6.26 Å². The zero-order chi connectivity index (χ0) is 21.5. The van der Waals surface area contributed by atoms with Gasteiger partial charge >= 0.3 is 5.97 Å². The fourth-order valence-corrected chi connectivity index (χ4v) is 5.89. The third kappa shape index (κ3) is 3.75. The zero-order valence-corrected chi connectivity index (χ0v) is 18.7. The number of ether oxygens (including phenoxy) is 1. The van der Waals surface area contributed by atoms with E-state index in [-0.39, 0.29) is 17.7 Å². The van der Waals surface area contributed by atoms with Gasteiger partial charge in [-0.05, 0) is 56.4 Å². The molecule has 7 nitrogen and oxygen atoms in total. The first-order chi connectivity index (χ1) is 15.1. The number of thioether (sulfide) groups is 1. The topological polar surface area (TPSA) is 115 Å². The van der Waals surface area contributed by atoms with Crippen LogP contribution in [0.4, 0.5) is 5.82 Å². The predicted molar refractivity (Wildman–Crippen MR) is 120 cm³/mol. The number of nitriles is 1. The SMILES string of the molecule is CSc1nc(C2CC2)cc(C(=O)OCc2nc(N)c3c4c(sc3n2)CCCC4)c1C#N. The number of aryl methyl sites for hydroxylation is 2. The Kier molecular flexibility index (Phi) is 5.28. The summed E-state index contributed by atoms with van der Waals surface area (Å²) in [6.07, 6.45) is 8.37. The van der Waals surface area contributed by atoms with Crippen LogP contribution in [-0.2, 0) is 24.2 Å². The summed E-state index contributed by atoms with van der Waals surface area (Å²) >= 11 is 3.02. The number of nitrogens with zero attached hydrogens (tertiary/aromatic N) is 4. The van der Waals surface area contributed by atoms with E-state index in [2.05, 4.69) is 21.0 Å². The van der Waals surface area contributed by atoms with Gasteiger partial charge in [-0.25, -0.2) is 19.7 Å². The van der Waals surface area contributed by atoms with Crippen LogP contribution in [-0.4, -0.2) is 27.2 Å². The van der Waals surface area contributed by atoms with Crippen molar-refractivity contribution in [2.75, 3.05) is 12.0 Å². The standard InChI is InChI=1S/C22H21N5O2S2/c1-30-20-14(9-23)13(8-15(25-20)11-6-7-11)22(28)29-10-17-26-19(24)18-12-4-2-3-5-16(12)31-21(18)27-17/h8,11H,2-7,10H2,1H3,(H2,24,26,27). The lowest BCUT2D eigenvalue weighted by atomic mass is 9.97. The van der Waals surface area contributed by atoms with E-state index in [1.54, 1.807) is 17.4 Å². The normalized spacial score (nSPS) is 15.5. The molecule has 0 amide bonds. The van der Waals surface area contributed by atoms with Crippen LogP contribution in [0, 0.1) is 11.3 Å². The molecule has 3 aromatic rings. The zero-order valence-electron chi connectivity index (χ0n) is 17.1. The molecule has 0 aromatic carbocycles.